The van der Waals surface area contributed by atoms with E-state index in [2.05, 4.69) is 53.6 Å². The number of nitrogens with one attached hydrogen (secondary N) is 1. The summed E-state index contributed by atoms with van der Waals surface area (Å²) in [7, 11) is 0. The fourth-order valence-electron chi connectivity index (χ4n) is 2.52. The van der Waals surface area contributed by atoms with Crippen LogP contribution in [0.5, 0.6) is 0 Å². The fraction of sp³-hybridized carbons (Fsp3) is 0.111. The van der Waals surface area contributed by atoms with Crippen molar-refractivity contribution in [3.05, 3.63) is 71.9 Å². The van der Waals surface area contributed by atoms with Gasteiger partial charge in [0.1, 0.15) is 11.9 Å². The maximum atomic E-state index is 9.14. The van der Waals surface area contributed by atoms with E-state index in [0.29, 0.717) is 11.4 Å². The number of anilines is 1. The zero-order chi connectivity index (χ0) is 14.7. The van der Waals surface area contributed by atoms with Gasteiger partial charge < -0.3 is 5.32 Å². The number of nitrogens with zero attached hydrogens (tertiary/aromatic N) is 2. The van der Waals surface area contributed by atoms with E-state index in [1.165, 1.54) is 16.3 Å². The molecule has 0 saturated carbocycles. The minimum Gasteiger partial charge on any atom is -0.362 e. The topological polar surface area (TPSA) is 48.7 Å². The van der Waals surface area contributed by atoms with E-state index in [0.717, 1.165) is 0 Å². The maximum absolute atomic E-state index is 9.14. The molecule has 0 aliphatic heterocycles. The second-order valence-corrected chi connectivity index (χ2v) is 4.95. The van der Waals surface area contributed by atoms with Crippen LogP contribution in [0.2, 0.25) is 0 Å². The van der Waals surface area contributed by atoms with Crippen LogP contribution in [0.3, 0.4) is 0 Å². The van der Waals surface area contributed by atoms with Crippen molar-refractivity contribution in [1.82, 2.24) is 4.98 Å². The van der Waals surface area contributed by atoms with E-state index in [-0.39, 0.29) is 6.04 Å². The number of hydrogen-bond acceptors (Lipinski definition) is 3. The highest BCUT2D eigenvalue weighted by Crippen LogP contribution is 2.27. The van der Waals surface area contributed by atoms with Gasteiger partial charge in [-0.1, -0.05) is 42.5 Å². The molecule has 1 heterocycles. The van der Waals surface area contributed by atoms with Crippen LogP contribution in [-0.4, -0.2) is 4.98 Å². The highest BCUT2D eigenvalue weighted by Gasteiger charge is 2.11. The van der Waals surface area contributed by atoms with Gasteiger partial charge in [-0.15, -0.1) is 0 Å². The van der Waals surface area contributed by atoms with Crippen molar-refractivity contribution in [3.63, 3.8) is 0 Å². The summed E-state index contributed by atoms with van der Waals surface area (Å²) in [5.41, 5.74) is 1.76. The van der Waals surface area contributed by atoms with Gasteiger partial charge >= 0.3 is 0 Å². The predicted molar refractivity (Wildman–Crippen MR) is 84.9 cm³/mol. The Hall–Kier alpha value is -2.86. The van der Waals surface area contributed by atoms with E-state index in [4.69, 9.17) is 5.26 Å². The Balaban J connectivity index is 1.98. The van der Waals surface area contributed by atoms with Gasteiger partial charge in [-0.2, -0.15) is 5.26 Å². The monoisotopic (exact) mass is 273 g/mol. The zero-order valence-corrected chi connectivity index (χ0v) is 11.7. The Morgan fingerprint density at radius 2 is 1.86 bits per heavy atom. The van der Waals surface area contributed by atoms with Crippen molar-refractivity contribution in [2.45, 2.75) is 13.0 Å². The summed E-state index contributed by atoms with van der Waals surface area (Å²) in [6.45, 7) is 2.08. The smallest absolute Gasteiger partial charge is 0.144 e. The third-order valence-electron chi connectivity index (χ3n) is 3.57. The number of fused-ring (bicyclic) bond motifs is 1. The molecule has 0 fully saturated rings. The summed E-state index contributed by atoms with van der Waals surface area (Å²) in [4.78, 5) is 4.26. The Labute approximate surface area is 123 Å². The summed E-state index contributed by atoms with van der Waals surface area (Å²) >= 11 is 0. The average Bonchev–Trinajstić information content (AvgIpc) is 2.54. The summed E-state index contributed by atoms with van der Waals surface area (Å²) in [5.74, 6) is 0.625. The lowest BCUT2D eigenvalue weighted by Gasteiger charge is -2.17. The molecule has 0 amide bonds. The highest BCUT2D eigenvalue weighted by atomic mass is 15.0. The largest absolute Gasteiger partial charge is 0.362 e. The number of rotatable bonds is 3. The standard InChI is InChI=1S/C18H15N3/c1-13(21-18-15(12-19)8-5-11-20-18)16-10-4-7-14-6-2-3-9-17(14)16/h2-11,13H,1H3,(H,20,21). The Bertz CT molecular complexity index is 813. The van der Waals surface area contributed by atoms with Crippen LogP contribution in [0.4, 0.5) is 5.82 Å². The molecule has 2 aromatic carbocycles. The molecule has 0 aliphatic rings. The molecule has 1 atom stereocenters. The first-order valence-electron chi connectivity index (χ1n) is 6.89. The molecule has 3 nitrogen and oxygen atoms in total. The van der Waals surface area contributed by atoms with Gasteiger partial charge in [0.05, 0.1) is 11.6 Å². The number of benzene rings is 2. The van der Waals surface area contributed by atoms with E-state index in [1.807, 2.05) is 12.1 Å². The molecule has 1 N–H and O–H groups in total. The lowest BCUT2D eigenvalue weighted by atomic mass is 9.99. The van der Waals surface area contributed by atoms with Crippen molar-refractivity contribution < 1.29 is 0 Å². The Morgan fingerprint density at radius 3 is 2.71 bits per heavy atom. The number of aromatic nitrogens is 1. The SMILES string of the molecule is CC(Nc1ncccc1C#N)c1cccc2ccccc12. The Kier molecular flexibility index (Phi) is 3.53. The molecular weight excluding hydrogens is 258 g/mol. The van der Waals surface area contributed by atoms with Gasteiger partial charge in [0.2, 0.25) is 0 Å². The van der Waals surface area contributed by atoms with Gasteiger partial charge in [-0.05, 0) is 35.4 Å². The summed E-state index contributed by atoms with van der Waals surface area (Å²) in [6, 6.07) is 20.3. The minimum atomic E-state index is 0.0677. The second kappa shape index (κ2) is 5.64. The van der Waals surface area contributed by atoms with Gasteiger partial charge in [0.15, 0.2) is 0 Å². The first-order valence-corrected chi connectivity index (χ1v) is 6.89. The number of hydrogen-bond donors (Lipinski definition) is 1. The molecule has 102 valence electrons. The van der Waals surface area contributed by atoms with Crippen LogP contribution in [-0.2, 0) is 0 Å². The molecule has 21 heavy (non-hydrogen) atoms. The van der Waals surface area contributed by atoms with Crippen molar-refractivity contribution in [3.8, 4) is 6.07 Å². The maximum Gasteiger partial charge on any atom is 0.144 e. The van der Waals surface area contributed by atoms with E-state index < -0.39 is 0 Å². The molecule has 0 bridgehead atoms. The normalized spacial score (nSPS) is 11.8. The van der Waals surface area contributed by atoms with Gasteiger partial charge in [0.25, 0.3) is 0 Å². The second-order valence-electron chi connectivity index (χ2n) is 4.95. The predicted octanol–water partition coefficient (Wildman–Crippen LogP) is 4.28. The molecule has 0 aliphatic carbocycles. The van der Waals surface area contributed by atoms with Gasteiger partial charge in [0, 0.05) is 6.20 Å². The van der Waals surface area contributed by atoms with Crippen molar-refractivity contribution in [2.24, 2.45) is 0 Å². The third kappa shape index (κ3) is 2.56. The lowest BCUT2D eigenvalue weighted by molar-refractivity contribution is 0.882. The van der Waals surface area contributed by atoms with Crippen LogP contribution in [0.25, 0.3) is 10.8 Å². The van der Waals surface area contributed by atoms with Gasteiger partial charge in [-0.3, -0.25) is 0 Å². The minimum absolute atomic E-state index is 0.0677. The summed E-state index contributed by atoms with van der Waals surface area (Å²) < 4.78 is 0. The van der Waals surface area contributed by atoms with E-state index >= 15 is 0 Å². The van der Waals surface area contributed by atoms with E-state index in [9.17, 15) is 0 Å². The molecule has 1 unspecified atom stereocenters. The van der Waals surface area contributed by atoms with Gasteiger partial charge in [-0.25, -0.2) is 4.98 Å². The van der Waals surface area contributed by atoms with Crippen molar-refractivity contribution in [1.29, 1.82) is 5.26 Å². The first kappa shape index (κ1) is 13.1. The van der Waals surface area contributed by atoms with Crippen LogP contribution >= 0.6 is 0 Å². The highest BCUT2D eigenvalue weighted by molar-refractivity contribution is 5.86. The fourth-order valence-corrected chi connectivity index (χ4v) is 2.52. The van der Waals surface area contributed by atoms with E-state index in [1.54, 1.807) is 18.3 Å². The van der Waals surface area contributed by atoms with Crippen LogP contribution in [0.15, 0.2) is 60.8 Å². The summed E-state index contributed by atoms with van der Waals surface area (Å²) in [6.07, 6.45) is 1.69. The number of pyridine rings is 1. The van der Waals surface area contributed by atoms with Crippen molar-refractivity contribution >= 4 is 16.6 Å². The number of nitriles is 1. The van der Waals surface area contributed by atoms with Crippen LogP contribution < -0.4 is 5.32 Å². The van der Waals surface area contributed by atoms with Crippen LogP contribution in [0.1, 0.15) is 24.1 Å². The molecule has 3 aromatic rings. The molecule has 0 saturated heterocycles. The molecule has 0 radical (unpaired) electrons. The molecule has 3 heteroatoms. The lowest BCUT2D eigenvalue weighted by Crippen LogP contribution is -2.09. The molecular formula is C18H15N3. The first-order chi connectivity index (χ1) is 10.3. The third-order valence-corrected chi connectivity index (χ3v) is 3.57. The Morgan fingerprint density at radius 1 is 1.05 bits per heavy atom. The quantitative estimate of drug-likeness (QED) is 0.774. The molecule has 0 spiro atoms. The summed E-state index contributed by atoms with van der Waals surface area (Å²) in [5, 5.41) is 14.9. The van der Waals surface area contributed by atoms with Crippen LogP contribution in [0, 0.1) is 11.3 Å². The zero-order valence-electron chi connectivity index (χ0n) is 11.7. The molecule has 1 aromatic heterocycles. The van der Waals surface area contributed by atoms with Crippen molar-refractivity contribution in [2.75, 3.05) is 5.32 Å². The molecule has 3 rings (SSSR count). The average molecular weight is 273 g/mol.